The van der Waals surface area contributed by atoms with Crippen LogP contribution in [0.5, 0.6) is 0 Å². The SMILES string of the molecule is C=CC(=O)N1CC[C@@H](Nc2nnc(C(N)=O)c(Nc3cccc(C(=O)OCc4ccccc4)c3)n2)C1. The second kappa shape index (κ2) is 11.1. The first-order valence-corrected chi connectivity index (χ1v) is 11.2. The van der Waals surface area contributed by atoms with Crippen molar-refractivity contribution in [2.45, 2.75) is 19.1 Å². The number of nitrogens with two attached hydrogens (primary N) is 1. The Morgan fingerprint density at radius 1 is 1.14 bits per heavy atom. The molecule has 11 heteroatoms. The number of esters is 1. The Kier molecular flexibility index (Phi) is 7.49. The van der Waals surface area contributed by atoms with Gasteiger partial charge >= 0.3 is 5.97 Å². The molecule has 2 heterocycles. The normalized spacial score (nSPS) is 14.7. The Bertz CT molecular complexity index is 1280. The molecule has 3 aromatic rings. The lowest BCUT2D eigenvalue weighted by Crippen LogP contribution is -2.30. The average Bonchev–Trinajstić information content (AvgIpc) is 3.36. The highest BCUT2D eigenvalue weighted by Gasteiger charge is 2.26. The maximum atomic E-state index is 12.5. The number of carbonyl (C=O) groups is 3. The molecule has 36 heavy (non-hydrogen) atoms. The van der Waals surface area contributed by atoms with E-state index in [2.05, 4.69) is 32.4 Å². The number of nitrogens with zero attached hydrogens (tertiary/aromatic N) is 4. The molecule has 4 rings (SSSR count). The van der Waals surface area contributed by atoms with Gasteiger partial charge in [0.15, 0.2) is 11.5 Å². The first-order valence-electron chi connectivity index (χ1n) is 11.2. The summed E-state index contributed by atoms with van der Waals surface area (Å²) in [6.07, 6.45) is 1.96. The van der Waals surface area contributed by atoms with Gasteiger partial charge in [0, 0.05) is 24.8 Å². The Morgan fingerprint density at radius 3 is 2.69 bits per heavy atom. The zero-order valence-electron chi connectivity index (χ0n) is 19.4. The van der Waals surface area contributed by atoms with E-state index in [1.54, 1.807) is 29.2 Å². The number of hydrogen-bond donors (Lipinski definition) is 3. The number of ether oxygens (including phenoxy) is 1. The van der Waals surface area contributed by atoms with Gasteiger partial charge in [0.1, 0.15) is 6.61 Å². The topological polar surface area (TPSA) is 152 Å². The molecule has 1 fully saturated rings. The van der Waals surface area contributed by atoms with Gasteiger partial charge in [-0.25, -0.2) is 4.79 Å². The number of amides is 2. The second-order valence-corrected chi connectivity index (χ2v) is 8.08. The van der Waals surface area contributed by atoms with Crippen molar-refractivity contribution in [3.05, 3.63) is 84.1 Å². The molecule has 0 bridgehead atoms. The minimum Gasteiger partial charge on any atom is -0.457 e. The summed E-state index contributed by atoms with van der Waals surface area (Å²) in [7, 11) is 0. The Labute approximate surface area is 207 Å². The number of carbonyl (C=O) groups excluding carboxylic acids is 3. The van der Waals surface area contributed by atoms with E-state index in [1.807, 2.05) is 30.3 Å². The van der Waals surface area contributed by atoms with E-state index in [9.17, 15) is 14.4 Å². The van der Waals surface area contributed by atoms with Gasteiger partial charge in [0.05, 0.1) is 5.56 Å². The van der Waals surface area contributed by atoms with Crippen molar-refractivity contribution >= 4 is 35.2 Å². The van der Waals surface area contributed by atoms with E-state index in [1.165, 1.54) is 6.08 Å². The summed E-state index contributed by atoms with van der Waals surface area (Å²) < 4.78 is 5.39. The molecule has 2 aromatic carbocycles. The fourth-order valence-corrected chi connectivity index (χ4v) is 3.70. The first kappa shape index (κ1) is 24.3. The van der Waals surface area contributed by atoms with Crippen LogP contribution in [0.1, 0.15) is 32.8 Å². The van der Waals surface area contributed by atoms with Crippen molar-refractivity contribution in [2.75, 3.05) is 23.7 Å². The Hall–Kier alpha value is -4.80. The van der Waals surface area contributed by atoms with Gasteiger partial charge in [-0.15, -0.1) is 10.2 Å². The summed E-state index contributed by atoms with van der Waals surface area (Å²) in [6, 6.07) is 15.8. The van der Waals surface area contributed by atoms with E-state index in [-0.39, 0.29) is 36.0 Å². The molecular weight excluding hydrogens is 462 g/mol. The fraction of sp³-hybridized carbons (Fsp3) is 0.200. The van der Waals surface area contributed by atoms with Gasteiger partial charge in [0.25, 0.3) is 5.91 Å². The van der Waals surface area contributed by atoms with Gasteiger partial charge in [0.2, 0.25) is 11.9 Å². The van der Waals surface area contributed by atoms with Crippen molar-refractivity contribution < 1.29 is 19.1 Å². The zero-order valence-corrected chi connectivity index (χ0v) is 19.4. The highest BCUT2D eigenvalue weighted by atomic mass is 16.5. The van der Waals surface area contributed by atoms with Crippen LogP contribution in [-0.2, 0) is 16.1 Å². The Morgan fingerprint density at radius 2 is 1.94 bits per heavy atom. The minimum atomic E-state index is -0.814. The molecule has 1 saturated heterocycles. The highest BCUT2D eigenvalue weighted by molar-refractivity contribution is 5.96. The first-order chi connectivity index (χ1) is 17.4. The number of rotatable bonds is 9. The number of hydrogen-bond acceptors (Lipinski definition) is 9. The maximum absolute atomic E-state index is 12.5. The lowest BCUT2D eigenvalue weighted by atomic mass is 10.2. The summed E-state index contributed by atoms with van der Waals surface area (Å²) in [5.41, 5.74) is 6.95. The summed E-state index contributed by atoms with van der Waals surface area (Å²) >= 11 is 0. The Balaban J connectivity index is 1.47. The molecule has 0 aliphatic carbocycles. The molecular formula is C25H25N7O4. The smallest absolute Gasteiger partial charge is 0.338 e. The number of aromatic nitrogens is 3. The fourth-order valence-electron chi connectivity index (χ4n) is 3.70. The average molecular weight is 488 g/mol. The van der Waals surface area contributed by atoms with E-state index < -0.39 is 11.9 Å². The molecule has 0 saturated carbocycles. The third-order valence-electron chi connectivity index (χ3n) is 5.50. The molecule has 1 atom stereocenters. The third-order valence-corrected chi connectivity index (χ3v) is 5.50. The molecule has 1 aromatic heterocycles. The summed E-state index contributed by atoms with van der Waals surface area (Å²) in [6.45, 7) is 4.69. The highest BCUT2D eigenvalue weighted by Crippen LogP contribution is 2.21. The monoisotopic (exact) mass is 487 g/mol. The summed E-state index contributed by atoms with van der Waals surface area (Å²) in [4.78, 5) is 42.3. The molecule has 0 unspecified atom stereocenters. The predicted molar refractivity (Wildman–Crippen MR) is 132 cm³/mol. The maximum Gasteiger partial charge on any atom is 0.338 e. The second-order valence-electron chi connectivity index (χ2n) is 8.08. The summed E-state index contributed by atoms with van der Waals surface area (Å²) in [5.74, 6) is -1.22. The van der Waals surface area contributed by atoms with Crippen LogP contribution < -0.4 is 16.4 Å². The van der Waals surface area contributed by atoms with Crippen molar-refractivity contribution in [1.82, 2.24) is 20.1 Å². The third kappa shape index (κ3) is 6.00. The van der Waals surface area contributed by atoms with Crippen LogP contribution in [0.4, 0.5) is 17.5 Å². The standard InChI is InChI=1S/C25H25N7O4/c1-2-20(33)32-12-11-19(14-32)28-25-29-23(21(22(26)34)30-31-25)27-18-10-6-9-17(13-18)24(35)36-15-16-7-4-3-5-8-16/h2-10,13,19H,1,11-12,14-15H2,(H2,26,34)(H2,27,28,29,31)/t19-/m1/s1. The van der Waals surface area contributed by atoms with Crippen LogP contribution in [0.3, 0.4) is 0 Å². The van der Waals surface area contributed by atoms with Gasteiger partial charge in [-0.05, 0) is 36.3 Å². The van der Waals surface area contributed by atoms with Gasteiger partial charge in [-0.3, -0.25) is 9.59 Å². The van der Waals surface area contributed by atoms with E-state index in [0.717, 1.165) is 5.56 Å². The lowest BCUT2D eigenvalue weighted by molar-refractivity contribution is -0.125. The van der Waals surface area contributed by atoms with Gasteiger partial charge in [-0.1, -0.05) is 43.0 Å². The van der Waals surface area contributed by atoms with Gasteiger partial charge in [-0.2, -0.15) is 4.98 Å². The molecule has 4 N–H and O–H groups in total. The predicted octanol–water partition coefficient (Wildman–Crippen LogP) is 2.27. The number of anilines is 3. The van der Waals surface area contributed by atoms with Crippen LogP contribution in [0.25, 0.3) is 0 Å². The molecule has 0 radical (unpaired) electrons. The van der Waals surface area contributed by atoms with Crippen molar-refractivity contribution in [1.29, 1.82) is 0 Å². The molecule has 184 valence electrons. The van der Waals surface area contributed by atoms with Crippen LogP contribution in [0.15, 0.2) is 67.3 Å². The van der Waals surface area contributed by atoms with E-state index in [0.29, 0.717) is 30.8 Å². The van der Waals surface area contributed by atoms with Crippen molar-refractivity contribution in [3.63, 3.8) is 0 Å². The number of benzene rings is 2. The minimum absolute atomic E-state index is 0.0758. The van der Waals surface area contributed by atoms with E-state index in [4.69, 9.17) is 10.5 Å². The number of likely N-dealkylation sites (tertiary alicyclic amines) is 1. The molecule has 0 spiro atoms. The number of primary amides is 1. The van der Waals surface area contributed by atoms with Crippen molar-refractivity contribution in [3.8, 4) is 0 Å². The number of nitrogens with one attached hydrogen (secondary N) is 2. The van der Waals surface area contributed by atoms with E-state index >= 15 is 0 Å². The lowest BCUT2D eigenvalue weighted by Gasteiger charge is -2.16. The van der Waals surface area contributed by atoms with Crippen molar-refractivity contribution in [2.24, 2.45) is 5.73 Å². The van der Waals surface area contributed by atoms with Crippen LogP contribution in [-0.4, -0.2) is 57.0 Å². The largest absolute Gasteiger partial charge is 0.457 e. The summed E-state index contributed by atoms with van der Waals surface area (Å²) in [5, 5.41) is 14.0. The van der Waals surface area contributed by atoms with Crippen LogP contribution >= 0.6 is 0 Å². The molecule has 2 amide bonds. The molecule has 1 aliphatic heterocycles. The quantitative estimate of drug-likeness (QED) is 0.305. The zero-order chi connectivity index (χ0) is 25.5. The van der Waals surface area contributed by atoms with Gasteiger partial charge < -0.3 is 26.0 Å². The van der Waals surface area contributed by atoms with Crippen LogP contribution in [0.2, 0.25) is 0 Å². The molecule has 1 aliphatic rings. The molecule has 11 nitrogen and oxygen atoms in total. The van der Waals surface area contributed by atoms with Crippen LogP contribution in [0, 0.1) is 0 Å².